The Morgan fingerprint density at radius 2 is 1.83 bits per heavy atom. The largest absolute Gasteiger partial charge is 0.478 e. The molecule has 1 aliphatic heterocycles. The van der Waals surface area contributed by atoms with E-state index in [-0.39, 0.29) is 36.5 Å². The molecule has 0 spiro atoms. The van der Waals surface area contributed by atoms with E-state index in [2.05, 4.69) is 4.98 Å². The molecule has 35 heavy (non-hydrogen) atoms. The van der Waals surface area contributed by atoms with Crippen molar-refractivity contribution in [2.75, 3.05) is 19.7 Å². The summed E-state index contributed by atoms with van der Waals surface area (Å²) in [6.45, 7) is 0.695. The van der Waals surface area contributed by atoms with E-state index >= 15 is 0 Å². The number of hydrogen-bond acceptors (Lipinski definition) is 6. The Bertz CT molecular complexity index is 1220. The summed E-state index contributed by atoms with van der Waals surface area (Å²) < 4.78 is 19.6. The number of benzene rings is 2. The van der Waals surface area contributed by atoms with Gasteiger partial charge in [0.15, 0.2) is 0 Å². The minimum atomic E-state index is -1.32. The number of pyridine rings is 1. The van der Waals surface area contributed by atoms with Crippen LogP contribution in [0.5, 0.6) is 0 Å². The summed E-state index contributed by atoms with van der Waals surface area (Å²) in [4.78, 5) is 29.0. The van der Waals surface area contributed by atoms with Crippen LogP contribution in [0.3, 0.4) is 0 Å². The first-order valence-corrected chi connectivity index (χ1v) is 11.8. The van der Waals surface area contributed by atoms with Gasteiger partial charge in [-0.25, -0.2) is 19.0 Å². The number of morpholine rings is 1. The summed E-state index contributed by atoms with van der Waals surface area (Å²) in [5.74, 6) is -2.95. The van der Waals surface area contributed by atoms with Crippen LogP contribution in [0.1, 0.15) is 10.8 Å². The molecule has 180 valence electrons. The van der Waals surface area contributed by atoms with Crippen molar-refractivity contribution in [2.45, 2.75) is 16.4 Å². The van der Waals surface area contributed by atoms with Crippen molar-refractivity contribution in [3.8, 4) is 11.1 Å². The Morgan fingerprint density at radius 3 is 2.51 bits per heavy atom. The molecule has 1 aromatic heterocycles. The van der Waals surface area contributed by atoms with Gasteiger partial charge in [0.2, 0.25) is 0 Å². The standard InChI is InChI=1S/C26H23FN2O5S/c27-19-10-8-17(9-11-19)20-7-4-12-28-25(20)35-24(18-5-2-1-3-6-18)22-16-29(13-14-34-22)21(26(32)33)15-23(30)31/h1-12,15,22,24H,13-14,16H2,(H,30,31)(H,32,33)/b21-15-/t22-,24-/m0/s1. The summed E-state index contributed by atoms with van der Waals surface area (Å²) >= 11 is 1.47. The second kappa shape index (κ2) is 11.2. The van der Waals surface area contributed by atoms with Crippen molar-refractivity contribution < 1.29 is 28.9 Å². The molecule has 2 atom stereocenters. The summed E-state index contributed by atoms with van der Waals surface area (Å²) in [5.41, 5.74) is 2.33. The van der Waals surface area contributed by atoms with Gasteiger partial charge >= 0.3 is 11.9 Å². The number of hydrogen-bond donors (Lipinski definition) is 2. The molecule has 2 heterocycles. The summed E-state index contributed by atoms with van der Waals surface area (Å²) in [6, 6.07) is 19.6. The predicted molar refractivity (Wildman–Crippen MR) is 129 cm³/mol. The fourth-order valence-electron chi connectivity index (χ4n) is 3.94. The van der Waals surface area contributed by atoms with Crippen LogP contribution < -0.4 is 0 Å². The molecule has 2 N–H and O–H groups in total. The molecule has 0 unspecified atom stereocenters. The molecule has 9 heteroatoms. The molecule has 1 aliphatic rings. The number of thioether (sulfide) groups is 1. The van der Waals surface area contributed by atoms with Crippen LogP contribution >= 0.6 is 11.8 Å². The number of aromatic nitrogens is 1. The Balaban J connectivity index is 1.68. The number of nitrogens with zero attached hydrogens (tertiary/aromatic N) is 2. The van der Waals surface area contributed by atoms with Crippen LogP contribution in [0, 0.1) is 5.82 Å². The SMILES string of the molecule is O=C(O)/C=C(/C(=O)O)N1CCO[C@H]([C@@H](Sc2ncccc2-c2ccc(F)cc2)c2ccccc2)C1. The molecular weight excluding hydrogens is 471 g/mol. The van der Waals surface area contributed by atoms with Gasteiger partial charge in [-0.1, -0.05) is 60.3 Å². The van der Waals surface area contributed by atoms with Gasteiger partial charge in [0.25, 0.3) is 0 Å². The van der Waals surface area contributed by atoms with Crippen molar-refractivity contribution in [1.82, 2.24) is 9.88 Å². The normalized spacial score (nSPS) is 17.1. The van der Waals surface area contributed by atoms with E-state index in [1.807, 2.05) is 42.5 Å². The lowest BCUT2D eigenvalue weighted by Gasteiger charge is -2.38. The molecule has 1 saturated heterocycles. The van der Waals surface area contributed by atoms with Crippen molar-refractivity contribution in [3.05, 3.63) is 96.1 Å². The molecule has 0 radical (unpaired) electrons. The van der Waals surface area contributed by atoms with Crippen molar-refractivity contribution in [3.63, 3.8) is 0 Å². The zero-order valence-electron chi connectivity index (χ0n) is 18.6. The van der Waals surface area contributed by atoms with E-state index < -0.39 is 18.0 Å². The van der Waals surface area contributed by atoms with Gasteiger partial charge in [-0.2, -0.15) is 0 Å². The van der Waals surface area contributed by atoms with Gasteiger partial charge in [-0.3, -0.25) is 0 Å². The molecule has 7 nitrogen and oxygen atoms in total. The van der Waals surface area contributed by atoms with Crippen LogP contribution in [0.4, 0.5) is 4.39 Å². The van der Waals surface area contributed by atoms with Crippen molar-refractivity contribution >= 4 is 23.7 Å². The third kappa shape index (κ3) is 6.06. The predicted octanol–water partition coefficient (Wildman–Crippen LogP) is 4.48. The first kappa shape index (κ1) is 24.4. The van der Waals surface area contributed by atoms with Crippen molar-refractivity contribution in [2.24, 2.45) is 0 Å². The number of rotatable bonds is 8. The quantitative estimate of drug-likeness (QED) is 0.349. The highest BCUT2D eigenvalue weighted by Crippen LogP contribution is 2.43. The highest BCUT2D eigenvalue weighted by Gasteiger charge is 2.33. The Morgan fingerprint density at radius 1 is 1.09 bits per heavy atom. The third-order valence-electron chi connectivity index (χ3n) is 5.54. The monoisotopic (exact) mass is 494 g/mol. The lowest BCUT2D eigenvalue weighted by Crippen LogP contribution is -2.45. The van der Waals surface area contributed by atoms with Gasteiger partial charge in [0, 0.05) is 24.8 Å². The minimum absolute atomic E-state index is 0.191. The molecular formula is C26H23FN2O5S. The number of halogens is 1. The first-order valence-electron chi connectivity index (χ1n) is 10.9. The van der Waals surface area contributed by atoms with Gasteiger partial charge < -0.3 is 19.8 Å². The molecule has 3 aromatic rings. The average molecular weight is 495 g/mol. The number of carbonyl (C=O) groups is 2. The second-order valence-electron chi connectivity index (χ2n) is 7.84. The molecule has 4 rings (SSSR count). The molecule has 0 bridgehead atoms. The highest BCUT2D eigenvalue weighted by atomic mass is 32.2. The van der Waals surface area contributed by atoms with E-state index in [9.17, 15) is 19.1 Å². The molecule has 0 amide bonds. The first-order chi connectivity index (χ1) is 16.9. The Hall–Kier alpha value is -3.69. The zero-order valence-corrected chi connectivity index (χ0v) is 19.4. The van der Waals surface area contributed by atoms with Gasteiger partial charge in [0.1, 0.15) is 16.5 Å². The van der Waals surface area contributed by atoms with E-state index in [1.54, 1.807) is 18.3 Å². The number of ether oxygens (including phenoxy) is 1. The Labute approximate surface area is 205 Å². The fourth-order valence-corrected chi connectivity index (χ4v) is 5.22. The van der Waals surface area contributed by atoms with Crippen molar-refractivity contribution in [1.29, 1.82) is 0 Å². The lowest BCUT2D eigenvalue weighted by molar-refractivity contribution is -0.137. The number of aliphatic carboxylic acids is 2. The van der Waals surface area contributed by atoms with E-state index in [4.69, 9.17) is 9.84 Å². The van der Waals surface area contributed by atoms with E-state index in [0.29, 0.717) is 11.1 Å². The maximum Gasteiger partial charge on any atom is 0.352 e. The van der Waals surface area contributed by atoms with Gasteiger partial charge in [-0.05, 0) is 29.3 Å². The van der Waals surface area contributed by atoms with Crippen LogP contribution in [-0.4, -0.2) is 57.8 Å². The Kier molecular flexibility index (Phi) is 7.79. The topological polar surface area (TPSA) is 100.0 Å². The van der Waals surface area contributed by atoms with E-state index in [0.717, 1.165) is 16.7 Å². The fraction of sp³-hybridized carbons (Fsp3) is 0.192. The maximum atomic E-state index is 13.5. The number of carboxylic acid groups (broad SMARTS) is 2. The minimum Gasteiger partial charge on any atom is -0.478 e. The second-order valence-corrected chi connectivity index (χ2v) is 8.97. The van der Waals surface area contributed by atoms with Crippen LogP contribution in [0.15, 0.2) is 89.7 Å². The average Bonchev–Trinajstić information content (AvgIpc) is 2.87. The van der Waals surface area contributed by atoms with Gasteiger partial charge in [0.05, 0.1) is 24.0 Å². The third-order valence-corrected chi connectivity index (χ3v) is 6.92. The molecule has 0 aliphatic carbocycles. The van der Waals surface area contributed by atoms with Crippen LogP contribution in [0.2, 0.25) is 0 Å². The smallest absolute Gasteiger partial charge is 0.352 e. The van der Waals surface area contributed by atoms with Crippen LogP contribution in [-0.2, 0) is 14.3 Å². The van der Waals surface area contributed by atoms with Gasteiger partial charge in [-0.15, -0.1) is 0 Å². The molecule has 1 fully saturated rings. The highest BCUT2D eigenvalue weighted by molar-refractivity contribution is 7.99. The lowest BCUT2D eigenvalue weighted by atomic mass is 10.1. The molecule has 0 saturated carbocycles. The van der Waals surface area contributed by atoms with E-state index in [1.165, 1.54) is 28.8 Å². The maximum absolute atomic E-state index is 13.5. The molecule has 2 aromatic carbocycles. The summed E-state index contributed by atoms with van der Waals surface area (Å²) in [7, 11) is 0. The zero-order chi connectivity index (χ0) is 24.8. The summed E-state index contributed by atoms with van der Waals surface area (Å²) in [5, 5.41) is 19.2. The number of carboxylic acids is 2. The van der Waals surface area contributed by atoms with Crippen LogP contribution in [0.25, 0.3) is 11.1 Å². The summed E-state index contributed by atoms with van der Waals surface area (Å²) in [6.07, 6.45) is 1.94.